The Hall–Kier alpha value is -2.26. The average Bonchev–Trinajstić information content (AvgIpc) is 2.54. The number of methoxy groups -OCH3 is 1. The van der Waals surface area contributed by atoms with Crippen LogP contribution in [0.3, 0.4) is 0 Å². The summed E-state index contributed by atoms with van der Waals surface area (Å²) in [7, 11) is 2.21. The van der Waals surface area contributed by atoms with Crippen LogP contribution >= 0.6 is 23.2 Å². The molecular formula is C15H11Cl2F3N2O4. The van der Waals surface area contributed by atoms with Gasteiger partial charge in [-0.3, -0.25) is 9.48 Å². The van der Waals surface area contributed by atoms with Crippen LogP contribution in [0.15, 0.2) is 23.0 Å². The van der Waals surface area contributed by atoms with Crippen LogP contribution in [0.25, 0.3) is 11.3 Å². The summed E-state index contributed by atoms with van der Waals surface area (Å²) in [5.41, 5.74) is -2.52. The lowest BCUT2D eigenvalue weighted by Crippen LogP contribution is -2.22. The molecule has 2 rings (SSSR count). The molecule has 0 fully saturated rings. The van der Waals surface area contributed by atoms with Crippen molar-refractivity contribution in [2.24, 2.45) is 7.05 Å². The zero-order valence-electron chi connectivity index (χ0n) is 13.4. The summed E-state index contributed by atoms with van der Waals surface area (Å²) in [6.07, 6.45) is -4.74. The number of benzene rings is 1. The molecule has 1 aromatic carbocycles. The first-order valence-corrected chi connectivity index (χ1v) is 7.64. The fourth-order valence-corrected chi connectivity index (χ4v) is 2.54. The van der Waals surface area contributed by atoms with E-state index in [2.05, 4.69) is 9.84 Å². The van der Waals surface area contributed by atoms with Gasteiger partial charge in [-0.2, -0.15) is 18.3 Å². The van der Waals surface area contributed by atoms with Crippen LogP contribution in [0.5, 0.6) is 5.75 Å². The van der Waals surface area contributed by atoms with E-state index in [1.54, 1.807) is 0 Å². The Kier molecular flexibility index (Phi) is 5.82. The van der Waals surface area contributed by atoms with E-state index < -0.39 is 29.9 Å². The SMILES string of the molecule is COC(=O)COc1cc(-c2nn(C)c(C(F)(F)F)cc2=O)c(Cl)cc1Cl. The third-order valence-corrected chi connectivity index (χ3v) is 3.85. The largest absolute Gasteiger partial charge is 0.480 e. The van der Waals surface area contributed by atoms with Crippen molar-refractivity contribution < 1.29 is 27.4 Å². The van der Waals surface area contributed by atoms with E-state index in [0.29, 0.717) is 10.7 Å². The number of ether oxygens (including phenoxy) is 2. The van der Waals surface area contributed by atoms with Crippen molar-refractivity contribution >= 4 is 29.2 Å². The summed E-state index contributed by atoms with van der Waals surface area (Å²) in [5.74, 6) is -0.693. The molecule has 1 heterocycles. The fraction of sp³-hybridized carbons (Fsp3) is 0.267. The number of esters is 1. The smallest absolute Gasteiger partial charge is 0.433 e. The number of hydrogen-bond donors (Lipinski definition) is 0. The maximum Gasteiger partial charge on any atom is 0.433 e. The van der Waals surface area contributed by atoms with Gasteiger partial charge in [-0.1, -0.05) is 23.2 Å². The van der Waals surface area contributed by atoms with Gasteiger partial charge in [0.1, 0.15) is 17.1 Å². The van der Waals surface area contributed by atoms with Crippen molar-refractivity contribution in [2.45, 2.75) is 6.18 Å². The molecule has 26 heavy (non-hydrogen) atoms. The quantitative estimate of drug-likeness (QED) is 0.723. The Balaban J connectivity index is 2.53. The van der Waals surface area contributed by atoms with Crippen LogP contribution in [-0.2, 0) is 22.8 Å². The molecule has 0 atom stereocenters. The van der Waals surface area contributed by atoms with Crippen LogP contribution in [0.2, 0.25) is 10.0 Å². The number of carbonyl (C=O) groups excluding carboxylic acids is 1. The molecule has 6 nitrogen and oxygen atoms in total. The predicted molar refractivity (Wildman–Crippen MR) is 87.4 cm³/mol. The standard InChI is InChI=1S/C15H11Cl2F3N2O4/c1-22-12(15(18,19)20)5-10(23)14(21-22)7-3-11(9(17)4-8(7)16)26-6-13(24)25-2/h3-5H,6H2,1-2H3. The van der Waals surface area contributed by atoms with Gasteiger partial charge in [-0.25, -0.2) is 4.79 Å². The second-order valence-corrected chi connectivity index (χ2v) is 5.81. The van der Waals surface area contributed by atoms with Gasteiger partial charge in [-0.05, 0) is 12.1 Å². The van der Waals surface area contributed by atoms with Crippen LogP contribution in [0.1, 0.15) is 5.69 Å². The summed E-state index contributed by atoms with van der Waals surface area (Å²) in [4.78, 5) is 23.3. The molecule has 0 amide bonds. The van der Waals surface area contributed by atoms with Crippen molar-refractivity contribution in [1.29, 1.82) is 0 Å². The summed E-state index contributed by atoms with van der Waals surface area (Å²) in [5, 5.41) is 3.67. The van der Waals surface area contributed by atoms with Gasteiger partial charge in [0.15, 0.2) is 6.61 Å². The zero-order chi connectivity index (χ0) is 19.6. The molecule has 11 heteroatoms. The van der Waals surface area contributed by atoms with E-state index in [4.69, 9.17) is 27.9 Å². The van der Waals surface area contributed by atoms with Crippen molar-refractivity contribution in [3.63, 3.8) is 0 Å². The monoisotopic (exact) mass is 410 g/mol. The van der Waals surface area contributed by atoms with Crippen molar-refractivity contribution in [1.82, 2.24) is 9.78 Å². The molecule has 2 aromatic rings. The topological polar surface area (TPSA) is 70.4 Å². The van der Waals surface area contributed by atoms with Gasteiger partial charge in [0.25, 0.3) is 0 Å². The number of aromatic nitrogens is 2. The lowest BCUT2D eigenvalue weighted by molar-refractivity contribution is -0.144. The lowest BCUT2D eigenvalue weighted by Gasteiger charge is -2.14. The highest BCUT2D eigenvalue weighted by Crippen LogP contribution is 2.36. The number of hydrogen-bond acceptors (Lipinski definition) is 5. The minimum absolute atomic E-state index is 0.00487. The summed E-state index contributed by atoms with van der Waals surface area (Å²) < 4.78 is 48.7. The Labute approximate surface area is 155 Å². The molecule has 140 valence electrons. The summed E-state index contributed by atoms with van der Waals surface area (Å²) >= 11 is 12.0. The van der Waals surface area contributed by atoms with E-state index in [9.17, 15) is 22.8 Å². The van der Waals surface area contributed by atoms with E-state index >= 15 is 0 Å². The summed E-state index contributed by atoms with van der Waals surface area (Å²) in [6.45, 7) is -0.463. The molecule has 0 spiro atoms. The molecule has 0 radical (unpaired) electrons. The van der Waals surface area contributed by atoms with Gasteiger partial charge in [-0.15, -0.1) is 0 Å². The first-order chi connectivity index (χ1) is 12.0. The van der Waals surface area contributed by atoms with Crippen LogP contribution in [-0.4, -0.2) is 29.5 Å². The van der Waals surface area contributed by atoms with E-state index in [-0.39, 0.29) is 27.1 Å². The van der Waals surface area contributed by atoms with Gasteiger partial charge < -0.3 is 9.47 Å². The van der Waals surface area contributed by atoms with Gasteiger partial charge in [0.2, 0.25) is 5.43 Å². The Morgan fingerprint density at radius 3 is 2.46 bits per heavy atom. The Morgan fingerprint density at radius 1 is 1.23 bits per heavy atom. The third kappa shape index (κ3) is 4.28. The molecule has 0 saturated carbocycles. The van der Waals surface area contributed by atoms with Crippen molar-refractivity contribution in [2.75, 3.05) is 13.7 Å². The third-order valence-electron chi connectivity index (χ3n) is 3.24. The molecular weight excluding hydrogens is 400 g/mol. The molecule has 0 unspecified atom stereocenters. The minimum Gasteiger partial charge on any atom is -0.480 e. The van der Waals surface area contributed by atoms with Gasteiger partial charge in [0, 0.05) is 18.7 Å². The highest BCUT2D eigenvalue weighted by atomic mass is 35.5. The second kappa shape index (κ2) is 7.55. The Bertz CT molecular complexity index is 913. The maximum atomic E-state index is 12.9. The first kappa shape index (κ1) is 20.1. The van der Waals surface area contributed by atoms with Crippen LogP contribution < -0.4 is 10.2 Å². The predicted octanol–water partition coefficient (Wildman–Crippen LogP) is 3.32. The summed E-state index contributed by atoms with van der Waals surface area (Å²) in [6, 6.07) is 2.86. The van der Waals surface area contributed by atoms with E-state index in [0.717, 1.165) is 14.2 Å². The molecule has 0 bridgehead atoms. The molecule has 0 aliphatic carbocycles. The van der Waals surface area contributed by atoms with Crippen LogP contribution in [0.4, 0.5) is 13.2 Å². The number of nitrogens with zero attached hydrogens (tertiary/aromatic N) is 2. The highest BCUT2D eigenvalue weighted by Gasteiger charge is 2.34. The number of carbonyl (C=O) groups is 1. The second-order valence-electron chi connectivity index (χ2n) is 4.99. The number of alkyl halides is 3. The Morgan fingerprint density at radius 2 is 1.88 bits per heavy atom. The van der Waals surface area contributed by atoms with Crippen LogP contribution in [0, 0.1) is 0 Å². The normalized spacial score (nSPS) is 11.3. The van der Waals surface area contributed by atoms with Crippen molar-refractivity contribution in [3.8, 4) is 17.0 Å². The maximum absolute atomic E-state index is 12.9. The van der Waals surface area contributed by atoms with Gasteiger partial charge in [0.05, 0.1) is 17.2 Å². The molecule has 0 aliphatic heterocycles. The average molecular weight is 411 g/mol. The number of halogens is 5. The highest BCUT2D eigenvalue weighted by molar-refractivity contribution is 6.37. The minimum atomic E-state index is -4.74. The number of rotatable bonds is 4. The molecule has 1 aromatic heterocycles. The zero-order valence-corrected chi connectivity index (χ0v) is 14.9. The first-order valence-electron chi connectivity index (χ1n) is 6.89. The van der Waals surface area contributed by atoms with Crippen molar-refractivity contribution in [3.05, 3.63) is 44.2 Å². The van der Waals surface area contributed by atoms with Gasteiger partial charge >= 0.3 is 12.1 Å². The molecule has 0 N–H and O–H groups in total. The molecule has 0 saturated heterocycles. The van der Waals surface area contributed by atoms with E-state index in [1.807, 2.05) is 0 Å². The lowest BCUT2D eigenvalue weighted by atomic mass is 10.1. The number of aryl methyl sites for hydroxylation is 1. The van der Waals surface area contributed by atoms with E-state index in [1.165, 1.54) is 12.1 Å². The molecule has 0 aliphatic rings. The fourth-order valence-electron chi connectivity index (χ4n) is 2.01.